The molecule has 0 heterocycles. The molecule has 1 radical (unpaired) electrons. The topological polar surface area (TPSA) is 37.3 Å². The Morgan fingerprint density at radius 1 is 1.29 bits per heavy atom. The third kappa shape index (κ3) is 8.42. The number of aliphatic carboxylic acids is 1. The van der Waals surface area contributed by atoms with Crippen LogP contribution in [0.15, 0.2) is 47.6 Å². The molecule has 0 aliphatic carbocycles. The van der Waals surface area contributed by atoms with Crippen molar-refractivity contribution in [3.63, 3.8) is 0 Å². The molecule has 0 aliphatic heterocycles. The van der Waals surface area contributed by atoms with Gasteiger partial charge in [0.05, 0.1) is 0 Å². The molecule has 2 nitrogen and oxygen atoms in total. The first-order valence-corrected chi connectivity index (χ1v) is 7.02. The summed E-state index contributed by atoms with van der Waals surface area (Å²) in [7, 11) is 0. The van der Waals surface area contributed by atoms with E-state index in [1.807, 2.05) is 32.1 Å². The fourth-order valence-corrected chi connectivity index (χ4v) is 2.00. The van der Waals surface area contributed by atoms with Crippen molar-refractivity contribution in [1.82, 2.24) is 0 Å². The van der Waals surface area contributed by atoms with E-state index in [1.165, 1.54) is 6.08 Å². The molecule has 0 spiro atoms. The number of hydrogen-bond acceptors (Lipinski definition) is 1. The van der Waals surface area contributed by atoms with Crippen molar-refractivity contribution in [2.45, 2.75) is 27.7 Å². The van der Waals surface area contributed by atoms with Gasteiger partial charge in [0.15, 0.2) is 0 Å². The number of allylic oxidation sites excluding steroid dienone is 6. The number of aryl methyl sites for hydroxylation is 1. The third-order valence-corrected chi connectivity index (χ3v) is 3.36. The number of carboxylic acids is 1. The third-order valence-electron chi connectivity index (χ3n) is 3.36. The number of rotatable bonds is 5. The predicted molar refractivity (Wildman–Crippen MR) is 91.1 cm³/mol. The Kier molecular flexibility index (Phi) is 13.5. The summed E-state index contributed by atoms with van der Waals surface area (Å²) in [5.41, 5.74) is 6.05. The molecule has 0 aliphatic rings. The van der Waals surface area contributed by atoms with Gasteiger partial charge in [0.1, 0.15) is 0 Å². The predicted octanol–water partition coefficient (Wildman–Crippen LogP) is 4.71. The van der Waals surface area contributed by atoms with Crippen molar-refractivity contribution in [2.75, 3.05) is 0 Å². The second-order valence-corrected chi connectivity index (χ2v) is 5.16. The fourth-order valence-electron chi connectivity index (χ4n) is 2.00. The van der Waals surface area contributed by atoms with Crippen LogP contribution in [0.4, 0.5) is 0 Å². The molecule has 1 aromatic rings. The first-order valence-electron chi connectivity index (χ1n) is 7.02. The summed E-state index contributed by atoms with van der Waals surface area (Å²) in [6.07, 6.45) is 9.58. The molecule has 0 aromatic heterocycles. The van der Waals surface area contributed by atoms with Gasteiger partial charge in [-0.05, 0) is 26.3 Å². The molecule has 0 bridgehead atoms. The summed E-state index contributed by atoms with van der Waals surface area (Å²) in [5, 5.41) is 8.71. The molecule has 1 rings (SSSR count). The van der Waals surface area contributed by atoms with Crippen LogP contribution in [0.1, 0.15) is 37.5 Å². The van der Waals surface area contributed by atoms with Crippen LogP contribution in [-0.4, -0.2) is 11.1 Å². The van der Waals surface area contributed by atoms with Gasteiger partial charge in [-0.3, -0.25) is 17.7 Å². The van der Waals surface area contributed by atoms with E-state index in [9.17, 15) is 4.79 Å². The standard InChI is InChI=1S/C20H21O2.W.Y/c1-6-7-18-11-10-16(4)19(13-18)17(5)15(3)9-8-14(2)12-20(21)22;;/h6,8-10,12-13H,1H2,2-5H3,(H,21,22);;/q-3;;/b9-8+,14-12?,17-15-;;. The Balaban J connectivity index is 0. The summed E-state index contributed by atoms with van der Waals surface area (Å²) >= 11 is 0. The number of hydrogen-bond donors (Lipinski definition) is 1. The molecular weight excluding hydrogens is 545 g/mol. The Morgan fingerprint density at radius 2 is 1.92 bits per heavy atom. The van der Waals surface area contributed by atoms with Crippen molar-refractivity contribution in [2.24, 2.45) is 0 Å². The Bertz CT molecular complexity index is 683. The van der Waals surface area contributed by atoms with E-state index in [0.29, 0.717) is 5.57 Å². The largest absolute Gasteiger partial charge is 0.478 e. The Morgan fingerprint density at radius 3 is 2.46 bits per heavy atom. The zero-order valence-corrected chi connectivity index (χ0v) is 20.3. The zero-order valence-electron chi connectivity index (χ0n) is 14.5. The second-order valence-electron chi connectivity index (χ2n) is 5.16. The van der Waals surface area contributed by atoms with Gasteiger partial charge in [0.25, 0.3) is 0 Å². The van der Waals surface area contributed by atoms with Gasteiger partial charge in [0, 0.05) is 59.9 Å². The van der Waals surface area contributed by atoms with Crippen LogP contribution in [0.25, 0.3) is 5.57 Å². The molecule has 24 heavy (non-hydrogen) atoms. The van der Waals surface area contributed by atoms with E-state index in [4.69, 9.17) is 5.11 Å². The van der Waals surface area contributed by atoms with Crippen molar-refractivity contribution < 1.29 is 63.7 Å². The maximum absolute atomic E-state index is 10.6. The maximum Gasteiger partial charge on any atom is 0.328 e. The maximum atomic E-state index is 10.6. The Hall–Kier alpha value is -0.688. The molecule has 1 N–H and O–H groups in total. The smallest absolute Gasteiger partial charge is 0.328 e. The van der Waals surface area contributed by atoms with Crippen molar-refractivity contribution in [3.05, 3.63) is 83.3 Å². The summed E-state index contributed by atoms with van der Waals surface area (Å²) in [6, 6.07) is 7.12. The summed E-state index contributed by atoms with van der Waals surface area (Å²) in [4.78, 5) is 10.6. The SMILES string of the molecule is [CH2-]C=[C-]c1[c-]cc(C)c(/C(C)=C(C)\C=C\C(C)=CC(=O)O)c1.[W].[Y]. The molecule has 0 fully saturated rings. The van der Waals surface area contributed by atoms with Crippen LogP contribution in [0.5, 0.6) is 0 Å². The van der Waals surface area contributed by atoms with Crippen LogP contribution in [0, 0.1) is 26.0 Å². The van der Waals surface area contributed by atoms with Crippen molar-refractivity contribution in [1.29, 1.82) is 0 Å². The van der Waals surface area contributed by atoms with Gasteiger partial charge >= 0.3 is 5.97 Å². The molecule has 0 saturated carbocycles. The number of carbonyl (C=O) groups is 1. The monoisotopic (exact) mass is 566 g/mol. The van der Waals surface area contributed by atoms with Crippen LogP contribution in [0.3, 0.4) is 0 Å². The molecule has 1 aromatic carbocycles. The summed E-state index contributed by atoms with van der Waals surface area (Å²) < 4.78 is 0. The molecule has 125 valence electrons. The van der Waals surface area contributed by atoms with E-state index in [1.54, 1.807) is 19.1 Å². The molecule has 0 amide bonds. The van der Waals surface area contributed by atoms with E-state index in [0.717, 1.165) is 27.8 Å². The second kappa shape index (κ2) is 12.6. The molecule has 0 unspecified atom stereocenters. The van der Waals surface area contributed by atoms with E-state index in [-0.39, 0.29) is 53.8 Å². The molecule has 0 atom stereocenters. The molecule has 4 heteroatoms. The number of benzene rings is 1. The van der Waals surface area contributed by atoms with Gasteiger partial charge in [-0.25, -0.2) is 22.5 Å². The Labute approximate surface area is 185 Å². The molecular formula is C20H21O2WY-3. The quantitative estimate of drug-likeness (QED) is 0.319. The zero-order chi connectivity index (χ0) is 16.7. The van der Waals surface area contributed by atoms with E-state index in [2.05, 4.69) is 26.0 Å². The van der Waals surface area contributed by atoms with E-state index < -0.39 is 5.97 Å². The van der Waals surface area contributed by atoms with Crippen molar-refractivity contribution in [3.8, 4) is 0 Å². The van der Waals surface area contributed by atoms with Crippen LogP contribution >= 0.6 is 0 Å². The minimum atomic E-state index is -0.935. The van der Waals surface area contributed by atoms with Gasteiger partial charge < -0.3 is 18.1 Å². The van der Waals surface area contributed by atoms with Gasteiger partial charge in [0.2, 0.25) is 0 Å². The van der Waals surface area contributed by atoms with Gasteiger partial charge in [-0.1, -0.05) is 23.3 Å². The normalized spacial score (nSPS) is 12.6. The first kappa shape index (κ1) is 25.6. The van der Waals surface area contributed by atoms with Crippen LogP contribution < -0.4 is 0 Å². The van der Waals surface area contributed by atoms with E-state index >= 15 is 0 Å². The minimum Gasteiger partial charge on any atom is -0.478 e. The van der Waals surface area contributed by atoms with Crippen LogP contribution in [-0.2, 0) is 58.6 Å². The minimum absolute atomic E-state index is 0. The molecule has 0 saturated heterocycles. The summed E-state index contributed by atoms with van der Waals surface area (Å²) in [6.45, 7) is 11.5. The average molecular weight is 566 g/mol. The number of carboxylic acid groups (broad SMARTS) is 1. The fraction of sp³-hybridized carbons (Fsp3) is 0.200. The first-order chi connectivity index (χ1) is 10.3. The van der Waals surface area contributed by atoms with Gasteiger partial charge in [-0.2, -0.15) is 5.56 Å². The van der Waals surface area contributed by atoms with Gasteiger partial charge in [-0.15, -0.1) is 6.92 Å². The van der Waals surface area contributed by atoms with Crippen LogP contribution in [0.2, 0.25) is 0 Å². The summed E-state index contributed by atoms with van der Waals surface area (Å²) in [5.74, 6) is -0.935. The van der Waals surface area contributed by atoms with Crippen molar-refractivity contribution >= 4 is 11.5 Å². The average Bonchev–Trinajstić information content (AvgIpc) is 2.45.